The van der Waals surface area contributed by atoms with Crippen molar-refractivity contribution in [3.63, 3.8) is 0 Å². The fraction of sp³-hybridized carbons (Fsp3) is 0.714. The molecule has 10 atom stereocenters. The normalized spacial score (nSPS) is 32.5. The Morgan fingerprint density at radius 1 is 0.675 bits per heavy atom. The number of nitrogens with one attached hydrogen (secondary N) is 1. The molecule has 12 nitrogen and oxygen atoms in total. The number of carbonyl (C=O) groups excluding carboxylic acids is 2. The fourth-order valence-electron chi connectivity index (χ4n) is 19.3. The fourth-order valence-corrected chi connectivity index (χ4v) is 19.3. The maximum atomic E-state index is 12.8. The highest BCUT2D eigenvalue weighted by Crippen LogP contribution is 2.53. The summed E-state index contributed by atoms with van der Waals surface area (Å²) < 4.78 is 29.1. The minimum absolute atomic E-state index is 0. The third-order valence-corrected chi connectivity index (χ3v) is 23.5. The van der Waals surface area contributed by atoms with Gasteiger partial charge in [0.15, 0.2) is 0 Å². The molecular weight excluding hydrogens is 1050 g/mol. The zero-order valence-corrected chi connectivity index (χ0v) is 51.2. The van der Waals surface area contributed by atoms with E-state index in [4.69, 9.17) is 18.2 Å². The summed E-state index contributed by atoms with van der Waals surface area (Å²) in [5.41, 5.74) is 10.7. The van der Waals surface area contributed by atoms with E-state index in [1.165, 1.54) is 147 Å². The predicted octanol–water partition coefficient (Wildman–Crippen LogP) is 13.0. The number of likely N-dealkylation sites (tertiary alicyclic amines) is 3. The highest BCUT2D eigenvalue weighted by Gasteiger charge is 2.50. The topological polar surface area (TPSA) is 153 Å². The van der Waals surface area contributed by atoms with Gasteiger partial charge in [-0.3, -0.25) is 9.00 Å². The first-order valence-electron chi connectivity index (χ1n) is 32.7. The number of benzene rings is 3. The van der Waals surface area contributed by atoms with Gasteiger partial charge in [0, 0.05) is 50.9 Å². The molecule has 6 saturated heterocycles. The zero-order valence-electron chi connectivity index (χ0n) is 50.4. The summed E-state index contributed by atoms with van der Waals surface area (Å²) in [6.45, 7) is 14.3. The van der Waals surface area contributed by atoms with E-state index in [9.17, 15) is 9.59 Å². The number of aryl methyl sites for hydroxylation is 2. The SMILES string of the molecule is C.CC(=O)N[C@H]1CC2(CCN(C3CCC[C@@H](C)C3)CC2)c2ccccc21.CS(=O)[O-].N.O=C(O[C@H]1CCOC1)N1C2CCC1CC(N1CCC3(CCc4ccccc43)CC1)C2.[HH].c1ccc2c(c1)CCC21CCN(C[C@H]2C[C@H]3CC[C@H]2C3)CC1. The van der Waals surface area contributed by atoms with Crippen molar-refractivity contribution in [1.29, 1.82) is 0 Å². The van der Waals surface area contributed by atoms with E-state index < -0.39 is 11.1 Å². The van der Waals surface area contributed by atoms with Crippen molar-refractivity contribution < 1.29 is 29.3 Å². The first kappa shape index (κ1) is 62.4. The molecule has 460 valence electrons. The molecule has 6 aliphatic carbocycles. The lowest BCUT2D eigenvalue weighted by molar-refractivity contribution is -0.119. The van der Waals surface area contributed by atoms with Crippen molar-refractivity contribution >= 4 is 23.1 Å². The number of piperidine rings is 4. The molecule has 3 aromatic carbocycles. The van der Waals surface area contributed by atoms with Crippen LogP contribution in [0.2, 0.25) is 0 Å². The van der Waals surface area contributed by atoms with Crippen molar-refractivity contribution in [2.24, 2.45) is 23.7 Å². The van der Waals surface area contributed by atoms with Crippen LogP contribution in [0.25, 0.3) is 0 Å². The van der Waals surface area contributed by atoms with Gasteiger partial charge in [-0.25, -0.2) is 4.79 Å². The van der Waals surface area contributed by atoms with Gasteiger partial charge < -0.3 is 45.1 Å². The molecule has 3 spiro atoms. The Morgan fingerprint density at radius 2 is 1.24 bits per heavy atom. The number of fused-ring (bicyclic) bond motifs is 10. The average molecular weight is 1160 g/mol. The van der Waals surface area contributed by atoms with Crippen molar-refractivity contribution in [1.82, 2.24) is 31.1 Å². The van der Waals surface area contributed by atoms with Crippen molar-refractivity contribution in [2.45, 2.75) is 228 Å². The number of carbonyl (C=O) groups is 2. The molecule has 4 bridgehead atoms. The quantitative estimate of drug-likeness (QED) is 0.228. The van der Waals surface area contributed by atoms with Crippen LogP contribution in [0, 0.1) is 23.7 Å². The number of amides is 2. The summed E-state index contributed by atoms with van der Waals surface area (Å²) in [6.07, 6.45) is 32.4. The van der Waals surface area contributed by atoms with Crippen LogP contribution >= 0.6 is 0 Å². The monoisotopic (exact) mass is 1160 g/mol. The maximum Gasteiger partial charge on any atom is 0.410 e. The molecule has 15 rings (SSSR count). The van der Waals surface area contributed by atoms with Gasteiger partial charge in [0.05, 0.1) is 19.3 Å². The number of nitrogens with zero attached hydrogens (tertiary/aromatic N) is 4. The van der Waals surface area contributed by atoms with Gasteiger partial charge in [0.1, 0.15) is 6.10 Å². The van der Waals surface area contributed by atoms with E-state index in [0.29, 0.717) is 42.2 Å². The summed E-state index contributed by atoms with van der Waals surface area (Å²) in [5, 5.41) is 3.20. The predicted molar refractivity (Wildman–Crippen MR) is 336 cm³/mol. The Morgan fingerprint density at radius 3 is 1.80 bits per heavy atom. The summed E-state index contributed by atoms with van der Waals surface area (Å²) in [5.74, 6) is 4.22. The molecule has 2 amide bonds. The smallest absolute Gasteiger partial charge is 0.410 e. The van der Waals surface area contributed by atoms with Crippen LogP contribution in [0.15, 0.2) is 72.8 Å². The van der Waals surface area contributed by atoms with E-state index in [2.05, 4.69) is 105 Å². The van der Waals surface area contributed by atoms with Crippen LogP contribution in [-0.2, 0) is 54.4 Å². The highest BCUT2D eigenvalue weighted by atomic mass is 32.2. The highest BCUT2D eigenvalue weighted by molar-refractivity contribution is 7.78. The average Bonchev–Trinajstić information content (AvgIpc) is 4.56. The first-order chi connectivity index (χ1) is 39.3. The van der Waals surface area contributed by atoms with E-state index in [0.717, 1.165) is 74.5 Å². The maximum absolute atomic E-state index is 12.8. The van der Waals surface area contributed by atoms with Crippen LogP contribution in [0.3, 0.4) is 0 Å². The molecule has 0 aromatic heterocycles. The minimum Gasteiger partial charge on any atom is -0.773 e. The molecule has 3 aromatic rings. The largest absolute Gasteiger partial charge is 0.773 e. The lowest BCUT2D eigenvalue weighted by atomic mass is 9.73. The van der Waals surface area contributed by atoms with Gasteiger partial charge in [0.2, 0.25) is 5.91 Å². The Kier molecular flexibility index (Phi) is 20.4. The molecule has 83 heavy (non-hydrogen) atoms. The Bertz CT molecular complexity index is 2650. The van der Waals surface area contributed by atoms with Gasteiger partial charge in [-0.1, -0.05) is 117 Å². The standard InChI is InChI=1S/C25H34N2O3.C22H32N2O.C21H29N.CH4O2S.CH4.H3N.H2/c28-24(30-22-8-14-29-17-22)27-19-5-6-20(27)16-21(15-19)26-12-10-25(11-13-26)9-7-18-3-1-2-4-23(18)25;1-16-6-5-7-18(14-16)24-12-10-22(11-13-24)15-21(23-17(2)25)19-8-3-4-9-20(19)22;1-2-4-20-17(3-1)7-8-21(20)9-11-22(12-10-21)15-19-14-16-5-6-18(19)13-16;1-4(2)3;;;/h1-4,19-22H,5-17H2;3-4,8-9,16,18,21H,5-7,10-15H2,1-2H3,(H,23,25);1-4,16,18-19H,5-15H2;1H3,(H,2,3);1H4;1H3;1H/p-1/t19?,20?,21?,22-;16-,18?,21+;16-,18-,19+;;;;/m010..../s1. The molecule has 6 aliphatic heterocycles. The summed E-state index contributed by atoms with van der Waals surface area (Å²) in [7, 11) is 0. The van der Waals surface area contributed by atoms with Crippen molar-refractivity contribution in [2.75, 3.05) is 65.3 Å². The molecule has 4 N–H and O–H groups in total. The Balaban J connectivity index is 0.000000145. The number of hydrogen-bond donors (Lipinski definition) is 2. The Labute approximate surface area is 504 Å². The number of ether oxygens (including phenoxy) is 2. The lowest BCUT2D eigenvalue weighted by Crippen LogP contribution is -2.55. The Hall–Kier alpha value is -3.69. The van der Waals surface area contributed by atoms with E-state index in [-0.39, 0.29) is 44.6 Å². The number of rotatable bonds is 6. The van der Waals surface area contributed by atoms with Crippen LogP contribution in [0.5, 0.6) is 0 Å². The summed E-state index contributed by atoms with van der Waals surface area (Å²) >= 11 is -1.86. The van der Waals surface area contributed by atoms with Crippen molar-refractivity contribution in [3.8, 4) is 0 Å². The molecular formula is C70H107N6O6S-. The second kappa shape index (κ2) is 27.1. The van der Waals surface area contributed by atoms with Crippen molar-refractivity contribution in [3.05, 3.63) is 106 Å². The van der Waals surface area contributed by atoms with Crippen LogP contribution < -0.4 is 11.5 Å². The van der Waals surface area contributed by atoms with E-state index in [1.807, 2.05) is 0 Å². The third kappa shape index (κ3) is 13.6. The molecule has 6 heterocycles. The van der Waals surface area contributed by atoms with Gasteiger partial charge in [0.25, 0.3) is 0 Å². The van der Waals surface area contributed by atoms with Gasteiger partial charge in [-0.2, -0.15) is 0 Å². The molecule has 12 aliphatic rings. The third-order valence-electron chi connectivity index (χ3n) is 23.5. The molecule has 13 heteroatoms. The van der Waals surface area contributed by atoms with Gasteiger partial charge in [-0.05, 0) is 242 Å². The van der Waals surface area contributed by atoms with Gasteiger partial charge >= 0.3 is 6.09 Å². The van der Waals surface area contributed by atoms with Crippen LogP contribution in [0.4, 0.5) is 4.79 Å². The minimum atomic E-state index is -1.86. The lowest BCUT2D eigenvalue weighted by Gasteiger charge is -2.47. The molecule has 4 unspecified atom stereocenters. The summed E-state index contributed by atoms with van der Waals surface area (Å²) in [4.78, 5) is 34.9. The molecule has 9 fully saturated rings. The second-order valence-electron chi connectivity index (χ2n) is 28.1. The first-order valence-corrected chi connectivity index (χ1v) is 34.1. The molecule has 0 radical (unpaired) electrons. The van der Waals surface area contributed by atoms with Crippen LogP contribution in [0.1, 0.15) is 203 Å². The molecule has 3 saturated carbocycles. The van der Waals surface area contributed by atoms with Gasteiger partial charge in [-0.15, -0.1) is 0 Å². The van der Waals surface area contributed by atoms with E-state index >= 15 is 0 Å². The van der Waals surface area contributed by atoms with Crippen LogP contribution in [-0.4, -0.2) is 136 Å². The second-order valence-corrected chi connectivity index (χ2v) is 28.9. The number of hydrogen-bond acceptors (Lipinski definition) is 10. The zero-order chi connectivity index (χ0) is 55.7. The summed E-state index contributed by atoms with van der Waals surface area (Å²) in [6, 6.07) is 29.6. The van der Waals surface area contributed by atoms with E-state index in [1.54, 1.807) is 54.9 Å².